The minimum Gasteiger partial charge on any atom is -0.496 e. The summed E-state index contributed by atoms with van der Waals surface area (Å²) in [5.41, 5.74) is 2.40. The number of carbonyl (C=O) groups excluding carboxylic acids is 1. The lowest BCUT2D eigenvalue weighted by Crippen LogP contribution is -2.39. The monoisotopic (exact) mass is 480 g/mol. The van der Waals surface area contributed by atoms with Crippen LogP contribution in [0.4, 0.5) is 0 Å². The van der Waals surface area contributed by atoms with Gasteiger partial charge in [-0.15, -0.1) is 0 Å². The molecule has 1 saturated heterocycles. The second kappa shape index (κ2) is 9.43. The van der Waals surface area contributed by atoms with E-state index in [0.29, 0.717) is 63.3 Å². The molecule has 0 spiro atoms. The molecular weight excluding hydrogens is 455 g/mol. The van der Waals surface area contributed by atoms with Gasteiger partial charge in [-0.25, -0.2) is 0 Å². The lowest BCUT2D eigenvalue weighted by atomic mass is 9.87. The number of hydrogen-bond donors (Lipinski definition) is 2. The predicted octanol–water partition coefficient (Wildman–Crippen LogP) is 3.45. The first-order chi connectivity index (χ1) is 15.3. The average Bonchev–Trinajstić information content (AvgIpc) is 3.29. The maximum absolute atomic E-state index is 13.5. The highest BCUT2D eigenvalue weighted by Crippen LogP contribution is 2.41. The fourth-order valence-electron chi connectivity index (χ4n) is 4.62. The molecule has 1 aromatic heterocycles. The smallest absolute Gasteiger partial charge is 0.256 e. The Bertz CT molecular complexity index is 1090. The number of H-pyrrole nitrogens is 1. The Kier molecular flexibility index (Phi) is 6.81. The highest BCUT2D eigenvalue weighted by molar-refractivity contribution is 6.37. The Labute approximate surface area is 196 Å². The van der Waals surface area contributed by atoms with E-state index in [2.05, 4.69) is 4.98 Å². The minimum atomic E-state index is -0.365. The van der Waals surface area contributed by atoms with Gasteiger partial charge >= 0.3 is 0 Å². The van der Waals surface area contributed by atoms with E-state index in [9.17, 15) is 14.7 Å². The summed E-state index contributed by atoms with van der Waals surface area (Å²) < 4.78 is 11.1. The Morgan fingerprint density at radius 1 is 1.34 bits per heavy atom. The number of aliphatic hydroxyl groups is 1. The maximum atomic E-state index is 13.5. The molecule has 2 N–H and O–H groups in total. The number of carbonyl (C=O) groups is 1. The summed E-state index contributed by atoms with van der Waals surface area (Å²) in [6.07, 6.45) is 2.07. The van der Waals surface area contributed by atoms with Crippen molar-refractivity contribution in [1.82, 2.24) is 9.88 Å². The van der Waals surface area contributed by atoms with Crippen LogP contribution in [-0.2, 0) is 17.7 Å². The normalized spacial score (nSPS) is 19.2. The van der Waals surface area contributed by atoms with Gasteiger partial charge < -0.3 is 24.5 Å². The van der Waals surface area contributed by atoms with Crippen molar-refractivity contribution in [3.8, 4) is 5.75 Å². The zero-order valence-corrected chi connectivity index (χ0v) is 19.6. The van der Waals surface area contributed by atoms with Crippen molar-refractivity contribution in [1.29, 1.82) is 0 Å². The Hall–Kier alpha value is -2.06. The number of nitrogens with zero attached hydrogens (tertiary/aromatic N) is 1. The first kappa shape index (κ1) is 23.1. The molecule has 4 rings (SSSR count). The highest BCUT2D eigenvalue weighted by Gasteiger charge is 2.35. The van der Waals surface area contributed by atoms with Crippen molar-refractivity contribution in [2.24, 2.45) is 0 Å². The van der Waals surface area contributed by atoms with E-state index < -0.39 is 0 Å². The van der Waals surface area contributed by atoms with Gasteiger partial charge in [-0.3, -0.25) is 9.59 Å². The molecule has 2 aliphatic rings. The molecule has 1 amide bonds. The van der Waals surface area contributed by atoms with Crippen LogP contribution < -0.4 is 10.3 Å². The number of halogens is 2. The van der Waals surface area contributed by atoms with Crippen molar-refractivity contribution in [2.45, 2.75) is 44.8 Å². The van der Waals surface area contributed by atoms with Crippen LogP contribution in [-0.4, -0.2) is 53.9 Å². The number of aryl methyl sites for hydroxylation is 1. The molecule has 0 aliphatic carbocycles. The van der Waals surface area contributed by atoms with Gasteiger partial charge in [-0.1, -0.05) is 23.2 Å². The number of methoxy groups -OCH3 is 1. The molecule has 2 aromatic rings. The van der Waals surface area contributed by atoms with Crippen LogP contribution in [0.15, 0.2) is 16.9 Å². The number of nitrogens with one attached hydrogen (secondary N) is 1. The SMILES string of the molecule is COc1cc(C)[nH]c(=O)c1CN1CCc2c(Cl)cc([C@H](CO)[C@@H]3CCCO3)c(Cl)c2C1=O. The zero-order valence-electron chi connectivity index (χ0n) is 18.0. The van der Waals surface area contributed by atoms with E-state index in [4.69, 9.17) is 32.7 Å². The molecule has 9 heteroatoms. The van der Waals surface area contributed by atoms with Gasteiger partial charge in [0.1, 0.15) is 5.75 Å². The van der Waals surface area contributed by atoms with Crippen LogP contribution >= 0.6 is 23.2 Å². The molecular formula is C23H26Cl2N2O5. The second-order valence-corrected chi connectivity index (χ2v) is 9.05. The average molecular weight is 481 g/mol. The van der Waals surface area contributed by atoms with Crippen molar-refractivity contribution in [2.75, 3.05) is 26.9 Å². The molecule has 1 fully saturated rings. The number of benzene rings is 1. The highest BCUT2D eigenvalue weighted by atomic mass is 35.5. The summed E-state index contributed by atoms with van der Waals surface area (Å²) in [5, 5.41) is 10.8. The van der Waals surface area contributed by atoms with Crippen LogP contribution in [0.3, 0.4) is 0 Å². The van der Waals surface area contributed by atoms with Gasteiger partial charge in [0.25, 0.3) is 11.5 Å². The zero-order chi connectivity index (χ0) is 23.0. The van der Waals surface area contributed by atoms with Gasteiger partial charge in [-0.05, 0) is 49.4 Å². The minimum absolute atomic E-state index is 0.0877. The third-order valence-electron chi connectivity index (χ3n) is 6.29. The summed E-state index contributed by atoms with van der Waals surface area (Å²) in [7, 11) is 1.49. The van der Waals surface area contributed by atoms with Crippen LogP contribution in [0.25, 0.3) is 0 Å². The van der Waals surface area contributed by atoms with Gasteiger partial charge in [-0.2, -0.15) is 0 Å². The summed E-state index contributed by atoms with van der Waals surface area (Å²) in [6.45, 7) is 2.73. The molecule has 0 bridgehead atoms. The number of hydrogen-bond acceptors (Lipinski definition) is 5. The maximum Gasteiger partial charge on any atom is 0.256 e. The lowest BCUT2D eigenvalue weighted by Gasteiger charge is -2.32. The molecule has 7 nitrogen and oxygen atoms in total. The van der Waals surface area contributed by atoms with Gasteiger partial charge in [0.2, 0.25) is 0 Å². The van der Waals surface area contributed by atoms with Gasteiger partial charge in [0.05, 0.1) is 42.5 Å². The fraction of sp³-hybridized carbons (Fsp3) is 0.478. The van der Waals surface area contributed by atoms with Crippen LogP contribution in [0.1, 0.15) is 51.5 Å². The second-order valence-electron chi connectivity index (χ2n) is 8.26. The van der Waals surface area contributed by atoms with Crippen LogP contribution in [0.5, 0.6) is 5.75 Å². The van der Waals surface area contributed by atoms with Gasteiger partial charge in [0, 0.05) is 29.8 Å². The third kappa shape index (κ3) is 4.15. The third-order valence-corrected chi connectivity index (χ3v) is 7.03. The number of ether oxygens (including phenoxy) is 2. The quantitative estimate of drug-likeness (QED) is 0.660. The summed E-state index contributed by atoms with van der Waals surface area (Å²) in [5.74, 6) is -0.233. The molecule has 0 saturated carbocycles. The first-order valence-corrected chi connectivity index (χ1v) is 11.4. The number of amides is 1. The van der Waals surface area contributed by atoms with E-state index in [0.717, 1.165) is 12.8 Å². The standard InChI is InChI=1S/C23H26Cl2N2O5/c1-12-8-19(31-2)15(22(29)26-12)10-27-6-5-13-17(24)9-14(21(25)20(13)23(27)30)16(11-28)18-4-3-7-32-18/h8-9,16,18,28H,3-7,10-11H2,1-2H3,(H,26,29)/t16-,18-/m0/s1. The number of aromatic nitrogens is 1. The van der Waals surface area contributed by atoms with Crippen LogP contribution in [0.2, 0.25) is 10.0 Å². The van der Waals surface area contributed by atoms with Crippen molar-refractivity contribution < 1.29 is 19.4 Å². The summed E-state index contributed by atoms with van der Waals surface area (Å²) in [6, 6.07) is 3.48. The Morgan fingerprint density at radius 3 is 2.78 bits per heavy atom. The number of rotatable bonds is 6. The van der Waals surface area contributed by atoms with Crippen molar-refractivity contribution in [3.63, 3.8) is 0 Å². The van der Waals surface area contributed by atoms with Crippen molar-refractivity contribution in [3.05, 3.63) is 60.5 Å². The molecule has 32 heavy (non-hydrogen) atoms. The summed E-state index contributed by atoms with van der Waals surface area (Å²) >= 11 is 13.3. The summed E-state index contributed by atoms with van der Waals surface area (Å²) in [4.78, 5) is 30.4. The first-order valence-electron chi connectivity index (χ1n) is 10.6. The molecule has 2 aliphatic heterocycles. The molecule has 172 valence electrons. The lowest BCUT2D eigenvalue weighted by molar-refractivity contribution is 0.0665. The Balaban J connectivity index is 1.71. The molecule has 0 radical (unpaired) electrons. The van der Waals surface area contributed by atoms with E-state index in [1.807, 2.05) is 0 Å². The van der Waals surface area contributed by atoms with Gasteiger partial charge in [0.15, 0.2) is 0 Å². The number of pyridine rings is 1. The molecule has 2 atom stereocenters. The topological polar surface area (TPSA) is 91.9 Å². The largest absolute Gasteiger partial charge is 0.496 e. The predicted molar refractivity (Wildman–Crippen MR) is 122 cm³/mol. The number of aromatic amines is 1. The molecule has 0 unspecified atom stereocenters. The van der Waals surface area contributed by atoms with Crippen molar-refractivity contribution >= 4 is 29.1 Å². The molecule has 1 aromatic carbocycles. The van der Waals surface area contributed by atoms with E-state index >= 15 is 0 Å². The van der Waals surface area contributed by atoms with E-state index in [1.165, 1.54) is 7.11 Å². The number of fused-ring (bicyclic) bond motifs is 1. The number of aliphatic hydroxyl groups excluding tert-OH is 1. The Morgan fingerprint density at radius 2 is 2.12 bits per heavy atom. The van der Waals surface area contributed by atoms with E-state index in [1.54, 1.807) is 24.0 Å². The van der Waals surface area contributed by atoms with E-state index in [-0.39, 0.29) is 36.6 Å². The molecule has 3 heterocycles. The fourth-order valence-corrected chi connectivity index (χ4v) is 5.32. The van der Waals surface area contributed by atoms with Crippen LogP contribution in [0, 0.1) is 6.92 Å².